The van der Waals surface area contributed by atoms with Crippen LogP contribution in [0.3, 0.4) is 0 Å². The number of nitrogens with one attached hydrogen (secondary N) is 2. The van der Waals surface area contributed by atoms with Crippen LogP contribution in [0.15, 0.2) is 42.5 Å². The van der Waals surface area contributed by atoms with E-state index in [9.17, 15) is 4.79 Å². The molecule has 2 rings (SSSR count). The highest BCUT2D eigenvalue weighted by Gasteiger charge is 2.14. The van der Waals surface area contributed by atoms with Gasteiger partial charge in [0, 0.05) is 10.7 Å². The Morgan fingerprint density at radius 3 is 2.64 bits per heavy atom. The van der Waals surface area contributed by atoms with Crippen molar-refractivity contribution in [2.45, 2.75) is 6.92 Å². The predicted molar refractivity (Wildman–Crippen MR) is 92.9 cm³/mol. The summed E-state index contributed by atoms with van der Waals surface area (Å²) in [6, 6.07) is 12.5. The Hall–Kier alpha value is -2.11. The van der Waals surface area contributed by atoms with E-state index in [2.05, 4.69) is 10.6 Å². The molecular weight excluding hydrogens is 320 g/mol. The lowest BCUT2D eigenvalue weighted by Gasteiger charge is -2.13. The molecule has 2 N–H and O–H groups in total. The molecule has 22 heavy (non-hydrogen) atoms. The van der Waals surface area contributed by atoms with Gasteiger partial charge in [-0.3, -0.25) is 10.1 Å². The summed E-state index contributed by atoms with van der Waals surface area (Å²) >= 11 is 11.1. The molecule has 2 aromatic rings. The molecule has 0 unspecified atom stereocenters. The standard InChI is InChI=1S/C16H15ClN2O2S/c1-10-5-3-4-6-13(10)18-16(22)19-15(20)12-9-11(17)7-8-14(12)21-2/h3-9H,1-2H3,(H2,18,19,20,22). The van der Waals surface area contributed by atoms with Gasteiger partial charge >= 0.3 is 0 Å². The Labute approximate surface area is 139 Å². The van der Waals surface area contributed by atoms with Crippen LogP contribution in [-0.4, -0.2) is 18.1 Å². The number of hydrogen-bond acceptors (Lipinski definition) is 3. The second kappa shape index (κ2) is 7.24. The first-order valence-electron chi connectivity index (χ1n) is 6.52. The predicted octanol–water partition coefficient (Wildman–Crippen LogP) is 3.78. The summed E-state index contributed by atoms with van der Waals surface area (Å²) in [5.74, 6) is 0.0472. The fourth-order valence-electron chi connectivity index (χ4n) is 1.89. The van der Waals surface area contributed by atoms with Crippen molar-refractivity contribution in [1.82, 2.24) is 5.32 Å². The topological polar surface area (TPSA) is 50.4 Å². The molecule has 0 saturated heterocycles. The van der Waals surface area contributed by atoms with Gasteiger partial charge in [0.1, 0.15) is 5.75 Å². The van der Waals surface area contributed by atoms with Crippen LogP contribution in [0.5, 0.6) is 5.75 Å². The molecular formula is C16H15ClN2O2S. The summed E-state index contributed by atoms with van der Waals surface area (Å²) in [7, 11) is 1.49. The lowest BCUT2D eigenvalue weighted by molar-refractivity contribution is 0.0975. The van der Waals surface area contributed by atoms with Crippen molar-refractivity contribution in [3.8, 4) is 5.75 Å². The summed E-state index contributed by atoms with van der Waals surface area (Å²) in [5.41, 5.74) is 2.19. The lowest BCUT2D eigenvalue weighted by Crippen LogP contribution is -2.34. The first-order chi connectivity index (χ1) is 10.5. The molecule has 0 aliphatic heterocycles. The van der Waals surface area contributed by atoms with Gasteiger partial charge < -0.3 is 10.1 Å². The smallest absolute Gasteiger partial charge is 0.261 e. The van der Waals surface area contributed by atoms with Crippen molar-refractivity contribution >= 4 is 40.5 Å². The van der Waals surface area contributed by atoms with Crippen LogP contribution in [0, 0.1) is 6.92 Å². The van der Waals surface area contributed by atoms with Gasteiger partial charge in [-0.1, -0.05) is 29.8 Å². The number of carbonyl (C=O) groups is 1. The maximum absolute atomic E-state index is 12.3. The average molecular weight is 335 g/mol. The van der Waals surface area contributed by atoms with Crippen LogP contribution in [0.4, 0.5) is 5.69 Å². The van der Waals surface area contributed by atoms with Crippen molar-refractivity contribution in [2.24, 2.45) is 0 Å². The highest BCUT2D eigenvalue weighted by Crippen LogP contribution is 2.22. The van der Waals surface area contributed by atoms with Gasteiger partial charge in [0.2, 0.25) is 0 Å². The Morgan fingerprint density at radius 2 is 1.95 bits per heavy atom. The molecule has 0 bridgehead atoms. The molecule has 0 aromatic heterocycles. The maximum Gasteiger partial charge on any atom is 0.261 e. The number of rotatable bonds is 3. The average Bonchev–Trinajstić information content (AvgIpc) is 2.49. The monoisotopic (exact) mass is 334 g/mol. The Balaban J connectivity index is 2.10. The Kier molecular flexibility index (Phi) is 5.35. The normalized spacial score (nSPS) is 9.95. The first kappa shape index (κ1) is 16.3. The Bertz CT molecular complexity index is 719. The molecule has 2 aromatic carbocycles. The number of hydrogen-bond donors (Lipinski definition) is 2. The van der Waals surface area contributed by atoms with E-state index in [4.69, 9.17) is 28.6 Å². The Morgan fingerprint density at radius 1 is 1.23 bits per heavy atom. The second-order valence-corrected chi connectivity index (χ2v) is 5.41. The number of aryl methyl sites for hydroxylation is 1. The van der Waals surface area contributed by atoms with Gasteiger partial charge in [0.15, 0.2) is 5.11 Å². The van der Waals surface area contributed by atoms with Crippen LogP contribution in [0.2, 0.25) is 5.02 Å². The molecule has 0 spiro atoms. The van der Waals surface area contributed by atoms with E-state index in [-0.39, 0.29) is 11.0 Å². The molecule has 0 radical (unpaired) electrons. The third-order valence-electron chi connectivity index (χ3n) is 3.03. The number of benzene rings is 2. The first-order valence-corrected chi connectivity index (χ1v) is 7.31. The van der Waals surface area contributed by atoms with Gasteiger partial charge in [-0.25, -0.2) is 0 Å². The summed E-state index contributed by atoms with van der Waals surface area (Å²) in [4.78, 5) is 12.3. The molecule has 0 aliphatic carbocycles. The number of anilines is 1. The molecule has 0 saturated carbocycles. The zero-order valence-electron chi connectivity index (χ0n) is 12.1. The van der Waals surface area contributed by atoms with Crippen molar-refractivity contribution in [3.63, 3.8) is 0 Å². The van der Waals surface area contributed by atoms with E-state index in [1.54, 1.807) is 12.1 Å². The van der Waals surface area contributed by atoms with E-state index >= 15 is 0 Å². The summed E-state index contributed by atoms with van der Waals surface area (Å²) in [6.45, 7) is 1.95. The fraction of sp³-hybridized carbons (Fsp3) is 0.125. The highest BCUT2D eigenvalue weighted by atomic mass is 35.5. The molecule has 0 heterocycles. The van der Waals surface area contributed by atoms with Crippen molar-refractivity contribution < 1.29 is 9.53 Å². The van der Waals surface area contributed by atoms with E-state index in [0.29, 0.717) is 16.3 Å². The molecule has 1 amide bonds. The highest BCUT2D eigenvalue weighted by molar-refractivity contribution is 7.80. The second-order valence-electron chi connectivity index (χ2n) is 4.57. The van der Waals surface area contributed by atoms with E-state index in [1.165, 1.54) is 13.2 Å². The van der Waals surface area contributed by atoms with Gasteiger partial charge in [0.25, 0.3) is 5.91 Å². The van der Waals surface area contributed by atoms with E-state index < -0.39 is 0 Å². The molecule has 0 fully saturated rings. The quantitative estimate of drug-likeness (QED) is 0.839. The maximum atomic E-state index is 12.3. The molecule has 6 heteroatoms. The largest absolute Gasteiger partial charge is 0.496 e. The number of amides is 1. The van der Waals surface area contributed by atoms with Crippen molar-refractivity contribution in [2.75, 3.05) is 12.4 Å². The van der Waals surface area contributed by atoms with E-state index in [1.807, 2.05) is 31.2 Å². The summed E-state index contributed by atoms with van der Waals surface area (Å²) in [5, 5.41) is 6.26. The number of methoxy groups -OCH3 is 1. The van der Waals surface area contributed by atoms with Gasteiger partial charge in [-0.15, -0.1) is 0 Å². The minimum atomic E-state index is -0.384. The molecule has 0 aliphatic rings. The van der Waals surface area contributed by atoms with Gasteiger partial charge in [-0.05, 0) is 49.0 Å². The third-order valence-corrected chi connectivity index (χ3v) is 3.47. The minimum absolute atomic E-state index is 0.210. The summed E-state index contributed by atoms with van der Waals surface area (Å²) < 4.78 is 5.16. The minimum Gasteiger partial charge on any atom is -0.496 e. The summed E-state index contributed by atoms with van der Waals surface area (Å²) in [6.07, 6.45) is 0. The van der Waals surface area contributed by atoms with Crippen molar-refractivity contribution in [1.29, 1.82) is 0 Å². The van der Waals surface area contributed by atoms with Crippen molar-refractivity contribution in [3.05, 3.63) is 58.6 Å². The number of halogens is 1. The van der Waals surface area contributed by atoms with Crippen LogP contribution in [0.25, 0.3) is 0 Å². The zero-order chi connectivity index (χ0) is 16.1. The molecule has 4 nitrogen and oxygen atoms in total. The molecule has 114 valence electrons. The van der Waals surface area contributed by atoms with Crippen LogP contribution in [-0.2, 0) is 0 Å². The third kappa shape index (κ3) is 3.96. The van der Waals surface area contributed by atoms with Gasteiger partial charge in [0.05, 0.1) is 12.7 Å². The zero-order valence-corrected chi connectivity index (χ0v) is 13.7. The van der Waals surface area contributed by atoms with Crippen LogP contribution >= 0.6 is 23.8 Å². The number of carbonyl (C=O) groups excluding carboxylic acids is 1. The van der Waals surface area contributed by atoms with Gasteiger partial charge in [-0.2, -0.15) is 0 Å². The SMILES string of the molecule is COc1ccc(Cl)cc1C(=O)NC(=S)Nc1ccccc1C. The van der Waals surface area contributed by atoms with Crippen LogP contribution in [0.1, 0.15) is 15.9 Å². The van der Waals surface area contributed by atoms with Crippen LogP contribution < -0.4 is 15.4 Å². The number of para-hydroxylation sites is 1. The van der Waals surface area contributed by atoms with E-state index in [0.717, 1.165) is 11.3 Å². The molecule has 0 atom stereocenters. The number of thiocarbonyl (C=S) groups is 1. The number of ether oxygens (including phenoxy) is 1. The lowest BCUT2D eigenvalue weighted by atomic mass is 10.2. The fourth-order valence-corrected chi connectivity index (χ4v) is 2.27.